The minimum atomic E-state index is -0.971. The molecule has 0 aliphatic heterocycles. The van der Waals surface area contributed by atoms with Crippen molar-refractivity contribution < 1.29 is 19.4 Å². The fraction of sp³-hybridized carbons (Fsp3) is 0.533. The zero-order valence-corrected chi connectivity index (χ0v) is 12.4. The van der Waals surface area contributed by atoms with Crippen LogP contribution in [0.5, 0.6) is 11.5 Å². The van der Waals surface area contributed by atoms with Crippen LogP contribution in [-0.2, 0) is 4.79 Å². The van der Waals surface area contributed by atoms with Crippen LogP contribution in [0.2, 0.25) is 0 Å². The van der Waals surface area contributed by atoms with Gasteiger partial charge >= 0.3 is 5.97 Å². The summed E-state index contributed by atoms with van der Waals surface area (Å²) in [5, 5.41) is 8.90. The zero-order valence-electron chi connectivity index (χ0n) is 12.4. The number of benzene rings is 1. The molecule has 0 aliphatic carbocycles. The van der Waals surface area contributed by atoms with E-state index in [0.29, 0.717) is 17.9 Å². The molecule has 0 saturated heterocycles. The van der Waals surface area contributed by atoms with E-state index in [1.54, 1.807) is 14.2 Å². The van der Waals surface area contributed by atoms with Crippen LogP contribution >= 0.6 is 0 Å². The Labute approximate surface area is 119 Å². The van der Waals surface area contributed by atoms with E-state index in [0.717, 1.165) is 5.56 Å². The molecule has 5 heteroatoms. The summed E-state index contributed by atoms with van der Waals surface area (Å²) in [6, 6.07) is 4.86. The number of methoxy groups -OCH3 is 2. The van der Waals surface area contributed by atoms with Gasteiger partial charge in [-0.05, 0) is 24.3 Å². The predicted molar refractivity (Wildman–Crippen MR) is 77.4 cm³/mol. The Kier molecular flexibility index (Phi) is 5.82. The largest absolute Gasteiger partial charge is 0.493 e. The third kappa shape index (κ3) is 3.63. The number of ether oxygens (including phenoxy) is 2. The lowest BCUT2D eigenvalue weighted by atomic mass is 9.84. The van der Waals surface area contributed by atoms with Crippen molar-refractivity contribution >= 4 is 5.97 Å². The summed E-state index contributed by atoms with van der Waals surface area (Å²) in [6.45, 7) is 4.03. The standard InChI is InChI=1S/C15H23NO4/c1-9(8-12(16)15(17)18)10(2)11-6-5-7-13(19-3)14(11)20-4/h5-7,9-10,12H,8,16H2,1-4H3,(H,17,18). The first-order valence-electron chi connectivity index (χ1n) is 6.61. The molecule has 0 fully saturated rings. The van der Waals surface area contributed by atoms with Gasteiger partial charge in [-0.3, -0.25) is 4.79 Å². The van der Waals surface area contributed by atoms with Crippen molar-refractivity contribution in [1.29, 1.82) is 0 Å². The van der Waals surface area contributed by atoms with Gasteiger partial charge in [-0.15, -0.1) is 0 Å². The van der Waals surface area contributed by atoms with Gasteiger partial charge in [0.05, 0.1) is 14.2 Å². The number of nitrogens with two attached hydrogens (primary N) is 1. The van der Waals surface area contributed by atoms with Gasteiger partial charge in [-0.2, -0.15) is 0 Å². The fourth-order valence-corrected chi connectivity index (χ4v) is 2.28. The average molecular weight is 281 g/mol. The lowest BCUT2D eigenvalue weighted by Gasteiger charge is -2.24. The van der Waals surface area contributed by atoms with E-state index in [1.165, 1.54) is 0 Å². The first-order chi connectivity index (χ1) is 9.42. The first-order valence-corrected chi connectivity index (χ1v) is 6.61. The third-order valence-corrected chi connectivity index (χ3v) is 3.72. The summed E-state index contributed by atoms with van der Waals surface area (Å²) in [7, 11) is 3.19. The molecule has 1 aromatic carbocycles. The minimum absolute atomic E-state index is 0.113. The van der Waals surface area contributed by atoms with E-state index in [9.17, 15) is 4.79 Å². The summed E-state index contributed by atoms with van der Waals surface area (Å²) in [5.74, 6) is 0.624. The smallest absolute Gasteiger partial charge is 0.320 e. The van der Waals surface area contributed by atoms with Crippen molar-refractivity contribution in [2.45, 2.75) is 32.2 Å². The normalized spacial score (nSPS) is 15.2. The number of para-hydroxylation sites is 1. The number of rotatable bonds is 7. The second-order valence-electron chi connectivity index (χ2n) is 5.03. The molecule has 0 aromatic heterocycles. The molecule has 5 nitrogen and oxygen atoms in total. The number of carbonyl (C=O) groups is 1. The van der Waals surface area contributed by atoms with Gasteiger partial charge in [0.1, 0.15) is 6.04 Å². The van der Waals surface area contributed by atoms with E-state index >= 15 is 0 Å². The average Bonchev–Trinajstić information content (AvgIpc) is 2.44. The van der Waals surface area contributed by atoms with Gasteiger partial charge < -0.3 is 20.3 Å². The molecule has 0 spiro atoms. The van der Waals surface area contributed by atoms with Crippen LogP contribution < -0.4 is 15.2 Å². The number of carboxylic acid groups (broad SMARTS) is 1. The van der Waals surface area contributed by atoms with E-state index in [-0.39, 0.29) is 11.8 Å². The van der Waals surface area contributed by atoms with Crippen molar-refractivity contribution in [2.75, 3.05) is 14.2 Å². The van der Waals surface area contributed by atoms with Gasteiger partial charge in [-0.1, -0.05) is 26.0 Å². The lowest BCUT2D eigenvalue weighted by molar-refractivity contribution is -0.138. The monoisotopic (exact) mass is 281 g/mol. The van der Waals surface area contributed by atoms with Crippen LogP contribution in [0.3, 0.4) is 0 Å². The van der Waals surface area contributed by atoms with Crippen molar-refractivity contribution in [1.82, 2.24) is 0 Å². The topological polar surface area (TPSA) is 81.8 Å². The van der Waals surface area contributed by atoms with Gasteiger partial charge in [0.25, 0.3) is 0 Å². The number of hydrogen-bond donors (Lipinski definition) is 2. The molecule has 3 unspecified atom stereocenters. The van der Waals surface area contributed by atoms with Crippen LogP contribution in [0.4, 0.5) is 0 Å². The summed E-state index contributed by atoms with van der Waals surface area (Å²) in [6.07, 6.45) is 0.414. The maximum absolute atomic E-state index is 10.8. The highest BCUT2D eigenvalue weighted by atomic mass is 16.5. The van der Waals surface area contributed by atoms with E-state index in [2.05, 4.69) is 0 Å². The molecule has 0 aliphatic rings. The van der Waals surface area contributed by atoms with Gasteiger partial charge in [-0.25, -0.2) is 0 Å². The molecule has 20 heavy (non-hydrogen) atoms. The molecular weight excluding hydrogens is 258 g/mol. The van der Waals surface area contributed by atoms with E-state index in [4.69, 9.17) is 20.3 Å². The van der Waals surface area contributed by atoms with Gasteiger partial charge in [0.15, 0.2) is 11.5 Å². The Bertz CT molecular complexity index is 461. The molecule has 0 radical (unpaired) electrons. The molecule has 0 amide bonds. The summed E-state index contributed by atoms with van der Waals surface area (Å²) in [4.78, 5) is 10.8. The molecule has 0 saturated carbocycles. The third-order valence-electron chi connectivity index (χ3n) is 3.72. The maximum atomic E-state index is 10.8. The summed E-state index contributed by atoms with van der Waals surface area (Å²) in [5.41, 5.74) is 6.60. The summed E-state index contributed by atoms with van der Waals surface area (Å²) >= 11 is 0. The van der Waals surface area contributed by atoms with Crippen LogP contribution in [-0.4, -0.2) is 31.3 Å². The Morgan fingerprint density at radius 1 is 1.30 bits per heavy atom. The van der Waals surface area contributed by atoms with Crippen LogP contribution in [0.15, 0.2) is 18.2 Å². The molecule has 3 N–H and O–H groups in total. The Morgan fingerprint density at radius 2 is 1.95 bits per heavy atom. The van der Waals surface area contributed by atoms with Crippen LogP contribution in [0, 0.1) is 5.92 Å². The lowest BCUT2D eigenvalue weighted by Crippen LogP contribution is -2.32. The van der Waals surface area contributed by atoms with Crippen molar-refractivity contribution in [3.63, 3.8) is 0 Å². The fourth-order valence-electron chi connectivity index (χ4n) is 2.28. The van der Waals surface area contributed by atoms with Crippen LogP contribution in [0.1, 0.15) is 31.7 Å². The number of hydrogen-bond acceptors (Lipinski definition) is 4. The second kappa shape index (κ2) is 7.14. The predicted octanol–water partition coefficient (Wildman–Crippen LogP) is 2.25. The quantitative estimate of drug-likeness (QED) is 0.801. The van der Waals surface area contributed by atoms with Gasteiger partial charge in [0, 0.05) is 5.56 Å². The van der Waals surface area contributed by atoms with Gasteiger partial charge in [0.2, 0.25) is 0 Å². The highest BCUT2D eigenvalue weighted by molar-refractivity contribution is 5.73. The zero-order chi connectivity index (χ0) is 15.3. The second-order valence-corrected chi connectivity index (χ2v) is 5.03. The minimum Gasteiger partial charge on any atom is -0.493 e. The van der Waals surface area contributed by atoms with E-state index in [1.807, 2.05) is 32.0 Å². The molecule has 1 rings (SSSR count). The molecule has 3 atom stereocenters. The van der Waals surface area contributed by atoms with Crippen LogP contribution in [0.25, 0.3) is 0 Å². The number of carboxylic acids is 1. The van der Waals surface area contributed by atoms with Crippen molar-refractivity contribution in [2.24, 2.45) is 11.7 Å². The maximum Gasteiger partial charge on any atom is 0.320 e. The summed E-state index contributed by atoms with van der Waals surface area (Å²) < 4.78 is 10.7. The first kappa shape index (κ1) is 16.3. The Balaban J connectivity index is 2.96. The molecular formula is C15H23NO4. The Morgan fingerprint density at radius 3 is 2.45 bits per heavy atom. The molecule has 112 valence electrons. The molecule has 0 bridgehead atoms. The Hall–Kier alpha value is -1.75. The highest BCUT2D eigenvalue weighted by Gasteiger charge is 2.24. The number of aliphatic carboxylic acids is 1. The molecule has 1 aromatic rings. The van der Waals surface area contributed by atoms with Crippen molar-refractivity contribution in [3.05, 3.63) is 23.8 Å². The van der Waals surface area contributed by atoms with Crippen molar-refractivity contribution in [3.8, 4) is 11.5 Å². The SMILES string of the molecule is COc1cccc(C(C)C(C)CC(N)C(=O)O)c1OC. The highest BCUT2D eigenvalue weighted by Crippen LogP contribution is 2.39. The molecule has 0 heterocycles. The van der Waals surface area contributed by atoms with E-state index < -0.39 is 12.0 Å².